The lowest BCUT2D eigenvalue weighted by atomic mass is 9.51. The predicted molar refractivity (Wildman–Crippen MR) is 92.7 cm³/mol. The Bertz CT molecular complexity index is 503. The Morgan fingerprint density at radius 2 is 1.65 bits per heavy atom. The highest BCUT2D eigenvalue weighted by Gasteiger charge is 2.48. The van der Waals surface area contributed by atoms with E-state index in [0.717, 1.165) is 13.2 Å². The largest absolute Gasteiger partial charge is 0.376 e. The molecular formula is C21H30O2. The van der Waals surface area contributed by atoms with Crippen LogP contribution < -0.4 is 0 Å². The van der Waals surface area contributed by atoms with Crippen molar-refractivity contribution in [2.75, 3.05) is 19.8 Å². The fourth-order valence-electron chi connectivity index (χ4n) is 5.33. The molecule has 126 valence electrons. The number of fused-ring (bicyclic) bond motifs is 3. The second kappa shape index (κ2) is 6.22. The quantitative estimate of drug-likeness (QED) is 0.763. The lowest BCUT2D eigenvalue weighted by molar-refractivity contribution is -0.0901. The summed E-state index contributed by atoms with van der Waals surface area (Å²) in [6.45, 7) is 4.50. The molecule has 0 spiro atoms. The van der Waals surface area contributed by atoms with Gasteiger partial charge in [-0.15, -0.1) is 0 Å². The van der Waals surface area contributed by atoms with Crippen molar-refractivity contribution in [1.82, 2.24) is 0 Å². The molecule has 1 heterocycles. The van der Waals surface area contributed by atoms with Crippen LogP contribution in [-0.2, 0) is 14.9 Å². The van der Waals surface area contributed by atoms with E-state index in [1.807, 2.05) is 0 Å². The number of benzene rings is 1. The van der Waals surface area contributed by atoms with Gasteiger partial charge in [0.1, 0.15) is 6.10 Å². The maximum atomic E-state index is 5.82. The van der Waals surface area contributed by atoms with Crippen LogP contribution in [0, 0.1) is 5.41 Å². The third kappa shape index (κ3) is 2.85. The van der Waals surface area contributed by atoms with Crippen LogP contribution in [0.1, 0.15) is 75.5 Å². The van der Waals surface area contributed by atoms with Crippen LogP contribution in [-0.4, -0.2) is 19.8 Å². The molecule has 0 N–H and O–H groups in total. The third-order valence-corrected chi connectivity index (χ3v) is 6.89. The summed E-state index contributed by atoms with van der Waals surface area (Å²) in [6, 6.07) is 9.33. The van der Waals surface area contributed by atoms with Crippen LogP contribution in [0.25, 0.3) is 0 Å². The highest BCUT2D eigenvalue weighted by atomic mass is 16.6. The number of ether oxygens (including phenoxy) is 2. The molecule has 0 radical (unpaired) electrons. The van der Waals surface area contributed by atoms with Gasteiger partial charge in [0.15, 0.2) is 0 Å². The molecule has 0 amide bonds. The SMILES string of the molecule is CCCC12CCC(c3ccc(C4COCCO4)cc3)(CC1)CC2. The molecule has 23 heavy (non-hydrogen) atoms. The first-order valence-electron chi connectivity index (χ1n) is 9.55. The van der Waals surface area contributed by atoms with Crippen molar-refractivity contribution in [1.29, 1.82) is 0 Å². The smallest absolute Gasteiger partial charge is 0.106 e. The molecule has 1 aromatic carbocycles. The van der Waals surface area contributed by atoms with Gasteiger partial charge in [0.2, 0.25) is 0 Å². The summed E-state index contributed by atoms with van der Waals surface area (Å²) in [5, 5.41) is 0. The summed E-state index contributed by atoms with van der Waals surface area (Å²) in [5.41, 5.74) is 4.02. The molecule has 4 aliphatic rings. The normalized spacial score (nSPS) is 37.0. The van der Waals surface area contributed by atoms with E-state index in [1.165, 1.54) is 56.9 Å². The van der Waals surface area contributed by atoms with Crippen LogP contribution in [0.3, 0.4) is 0 Å². The van der Waals surface area contributed by atoms with Crippen LogP contribution in [0.5, 0.6) is 0 Å². The van der Waals surface area contributed by atoms with Gasteiger partial charge in [0.25, 0.3) is 0 Å². The van der Waals surface area contributed by atoms with Gasteiger partial charge in [-0.3, -0.25) is 0 Å². The van der Waals surface area contributed by atoms with Crippen molar-refractivity contribution in [3.05, 3.63) is 35.4 Å². The average Bonchev–Trinajstić information content (AvgIpc) is 2.64. The molecule has 2 nitrogen and oxygen atoms in total. The number of rotatable bonds is 4. The Balaban J connectivity index is 1.48. The maximum Gasteiger partial charge on any atom is 0.106 e. The highest BCUT2D eigenvalue weighted by Crippen LogP contribution is 2.59. The zero-order valence-electron chi connectivity index (χ0n) is 14.5. The van der Waals surface area contributed by atoms with Crippen molar-refractivity contribution in [3.63, 3.8) is 0 Å². The van der Waals surface area contributed by atoms with Crippen molar-refractivity contribution in [2.24, 2.45) is 5.41 Å². The van der Waals surface area contributed by atoms with Gasteiger partial charge in [0.05, 0.1) is 19.8 Å². The van der Waals surface area contributed by atoms with Crippen LogP contribution in [0.4, 0.5) is 0 Å². The van der Waals surface area contributed by atoms with Crippen LogP contribution >= 0.6 is 0 Å². The summed E-state index contributed by atoms with van der Waals surface area (Å²) < 4.78 is 11.4. The second-order valence-electron chi connectivity index (χ2n) is 8.09. The Labute approximate surface area is 140 Å². The molecule has 3 saturated carbocycles. The minimum atomic E-state index is 0.130. The monoisotopic (exact) mass is 314 g/mol. The fourth-order valence-corrected chi connectivity index (χ4v) is 5.33. The Hall–Kier alpha value is -0.860. The lowest BCUT2D eigenvalue weighted by Crippen LogP contribution is -2.44. The molecule has 1 atom stereocenters. The lowest BCUT2D eigenvalue weighted by Gasteiger charge is -2.54. The van der Waals surface area contributed by atoms with E-state index in [0.29, 0.717) is 17.4 Å². The number of hydrogen-bond acceptors (Lipinski definition) is 2. The van der Waals surface area contributed by atoms with E-state index < -0.39 is 0 Å². The number of hydrogen-bond donors (Lipinski definition) is 0. The summed E-state index contributed by atoms with van der Waals surface area (Å²) in [7, 11) is 0. The third-order valence-electron chi connectivity index (χ3n) is 6.89. The van der Waals surface area contributed by atoms with Gasteiger partial charge in [-0.2, -0.15) is 0 Å². The average molecular weight is 314 g/mol. The molecular weight excluding hydrogens is 284 g/mol. The predicted octanol–water partition coefficient (Wildman–Crippen LogP) is 5.17. The topological polar surface area (TPSA) is 18.5 Å². The first kappa shape index (κ1) is 15.7. The molecule has 3 aliphatic carbocycles. The zero-order valence-corrected chi connectivity index (χ0v) is 14.5. The van der Waals surface area contributed by atoms with E-state index >= 15 is 0 Å². The van der Waals surface area contributed by atoms with E-state index in [2.05, 4.69) is 31.2 Å². The van der Waals surface area contributed by atoms with E-state index in [-0.39, 0.29) is 6.10 Å². The summed E-state index contributed by atoms with van der Waals surface area (Å²) in [4.78, 5) is 0. The van der Waals surface area contributed by atoms with Gasteiger partial charge < -0.3 is 9.47 Å². The van der Waals surface area contributed by atoms with Crippen LogP contribution in [0.15, 0.2) is 24.3 Å². The van der Waals surface area contributed by atoms with E-state index in [1.54, 1.807) is 5.56 Å². The van der Waals surface area contributed by atoms with Gasteiger partial charge in [-0.1, -0.05) is 37.6 Å². The van der Waals surface area contributed by atoms with Gasteiger partial charge >= 0.3 is 0 Å². The molecule has 2 heteroatoms. The first-order valence-corrected chi connectivity index (χ1v) is 9.55. The van der Waals surface area contributed by atoms with Gasteiger partial charge in [-0.25, -0.2) is 0 Å². The molecule has 2 bridgehead atoms. The molecule has 0 aromatic heterocycles. The maximum absolute atomic E-state index is 5.82. The standard InChI is InChI=1S/C21H30O2/c1-2-7-20-8-11-21(12-9-20,13-10-20)18-5-3-17(4-6-18)19-16-22-14-15-23-19/h3-6,19H,2,7-16H2,1H3. The molecule has 1 aliphatic heterocycles. The van der Waals surface area contributed by atoms with Gasteiger partial charge in [0, 0.05) is 0 Å². The minimum absolute atomic E-state index is 0.130. The van der Waals surface area contributed by atoms with Crippen molar-refractivity contribution >= 4 is 0 Å². The van der Waals surface area contributed by atoms with E-state index in [4.69, 9.17) is 9.47 Å². The highest BCUT2D eigenvalue weighted by molar-refractivity contribution is 5.32. The fraction of sp³-hybridized carbons (Fsp3) is 0.714. The molecule has 1 aromatic rings. The zero-order chi connectivity index (χ0) is 15.8. The Morgan fingerprint density at radius 1 is 0.957 bits per heavy atom. The summed E-state index contributed by atoms with van der Waals surface area (Å²) in [6.07, 6.45) is 11.5. The van der Waals surface area contributed by atoms with Crippen molar-refractivity contribution < 1.29 is 9.47 Å². The molecule has 1 saturated heterocycles. The molecule has 1 unspecified atom stereocenters. The molecule has 5 rings (SSSR count). The molecule has 4 fully saturated rings. The second-order valence-corrected chi connectivity index (χ2v) is 8.09. The minimum Gasteiger partial charge on any atom is -0.376 e. The summed E-state index contributed by atoms with van der Waals surface area (Å²) in [5.74, 6) is 0. The Kier molecular flexibility index (Phi) is 4.23. The first-order chi connectivity index (χ1) is 11.3. The van der Waals surface area contributed by atoms with Crippen LogP contribution in [0.2, 0.25) is 0 Å². The Morgan fingerprint density at radius 3 is 2.22 bits per heavy atom. The van der Waals surface area contributed by atoms with Crippen molar-refractivity contribution in [3.8, 4) is 0 Å². The van der Waals surface area contributed by atoms with Crippen molar-refractivity contribution in [2.45, 2.75) is 69.8 Å². The van der Waals surface area contributed by atoms with E-state index in [9.17, 15) is 0 Å². The summed E-state index contributed by atoms with van der Waals surface area (Å²) >= 11 is 0. The van der Waals surface area contributed by atoms with Gasteiger partial charge in [-0.05, 0) is 66.9 Å².